The highest BCUT2D eigenvalue weighted by atomic mass is 35.5. The molecule has 0 atom stereocenters. The molecule has 9 heteroatoms. The van der Waals surface area contributed by atoms with Gasteiger partial charge in [0.2, 0.25) is 0 Å². The van der Waals surface area contributed by atoms with Crippen molar-refractivity contribution >= 4 is 34.9 Å². The minimum atomic E-state index is -0.376. The van der Waals surface area contributed by atoms with E-state index in [1.165, 1.54) is 10.6 Å². The van der Waals surface area contributed by atoms with Crippen LogP contribution in [-0.4, -0.2) is 20.4 Å². The van der Waals surface area contributed by atoms with Crippen molar-refractivity contribution in [2.24, 2.45) is 7.05 Å². The summed E-state index contributed by atoms with van der Waals surface area (Å²) in [7, 11) is 1.81. The van der Waals surface area contributed by atoms with Gasteiger partial charge >= 0.3 is 6.03 Å². The van der Waals surface area contributed by atoms with E-state index in [1.54, 1.807) is 48.4 Å². The van der Waals surface area contributed by atoms with Crippen LogP contribution in [0.15, 0.2) is 53.7 Å². The number of carbonyl (C=O) groups is 1. The smallest absolute Gasteiger partial charge is 0.319 e. The standard InChI is InChI=1S/C18H17Cl2N5O2/c1-24-9-13(8-22-24)7-21-18(27)23-14-3-5-17(26)25(11-14)10-12-2-4-15(19)16(20)6-12/h2-6,8-9,11H,7,10H2,1H3,(H2,21,23,27). The molecule has 0 aliphatic carbocycles. The van der Waals surface area contributed by atoms with Crippen LogP contribution < -0.4 is 16.2 Å². The van der Waals surface area contributed by atoms with Crippen LogP contribution in [-0.2, 0) is 20.1 Å². The molecule has 140 valence electrons. The van der Waals surface area contributed by atoms with Gasteiger partial charge in [-0.05, 0) is 23.8 Å². The van der Waals surface area contributed by atoms with Crippen LogP contribution in [0.3, 0.4) is 0 Å². The van der Waals surface area contributed by atoms with Crippen molar-refractivity contribution in [3.63, 3.8) is 0 Å². The summed E-state index contributed by atoms with van der Waals surface area (Å²) in [4.78, 5) is 24.2. The molecule has 1 aromatic carbocycles. The minimum absolute atomic E-state index is 0.192. The predicted molar refractivity (Wildman–Crippen MR) is 105 cm³/mol. The molecule has 2 heterocycles. The summed E-state index contributed by atoms with van der Waals surface area (Å²) < 4.78 is 3.14. The Morgan fingerprint density at radius 1 is 1.11 bits per heavy atom. The van der Waals surface area contributed by atoms with E-state index in [1.807, 2.05) is 6.20 Å². The van der Waals surface area contributed by atoms with E-state index in [0.717, 1.165) is 11.1 Å². The average molecular weight is 406 g/mol. The third-order valence-corrected chi connectivity index (χ3v) is 4.53. The van der Waals surface area contributed by atoms with E-state index in [0.29, 0.717) is 28.8 Å². The normalized spacial score (nSPS) is 10.6. The zero-order valence-corrected chi connectivity index (χ0v) is 16.0. The van der Waals surface area contributed by atoms with Crippen LogP contribution in [0, 0.1) is 0 Å². The van der Waals surface area contributed by atoms with Crippen LogP contribution in [0.5, 0.6) is 0 Å². The summed E-state index contributed by atoms with van der Waals surface area (Å²) in [6.07, 6.45) is 5.07. The number of carbonyl (C=O) groups excluding carboxylic acids is 1. The highest BCUT2D eigenvalue weighted by Gasteiger charge is 2.06. The molecule has 3 aromatic rings. The maximum Gasteiger partial charge on any atom is 0.319 e. The number of rotatable bonds is 5. The SMILES string of the molecule is Cn1cc(CNC(=O)Nc2ccc(=O)n(Cc3ccc(Cl)c(Cl)c3)c2)cn1. The molecule has 0 fully saturated rings. The molecule has 0 aliphatic heterocycles. The Hall–Kier alpha value is -2.77. The molecular formula is C18H17Cl2N5O2. The van der Waals surface area contributed by atoms with Gasteiger partial charge in [0.1, 0.15) is 0 Å². The second-order valence-electron chi connectivity index (χ2n) is 5.96. The first kappa shape index (κ1) is 19.0. The van der Waals surface area contributed by atoms with Gasteiger partial charge < -0.3 is 15.2 Å². The van der Waals surface area contributed by atoms with Crippen molar-refractivity contribution < 1.29 is 4.79 Å². The van der Waals surface area contributed by atoms with Crippen molar-refractivity contribution in [1.29, 1.82) is 0 Å². The van der Waals surface area contributed by atoms with Crippen molar-refractivity contribution in [3.8, 4) is 0 Å². The van der Waals surface area contributed by atoms with Crippen molar-refractivity contribution in [3.05, 3.63) is 80.4 Å². The van der Waals surface area contributed by atoms with Crippen molar-refractivity contribution in [2.75, 3.05) is 5.32 Å². The first-order chi connectivity index (χ1) is 12.9. The third-order valence-electron chi connectivity index (χ3n) is 3.79. The molecule has 2 amide bonds. The molecule has 0 aliphatic rings. The van der Waals surface area contributed by atoms with E-state index in [2.05, 4.69) is 15.7 Å². The van der Waals surface area contributed by atoms with Crippen LogP contribution >= 0.6 is 23.2 Å². The summed E-state index contributed by atoms with van der Waals surface area (Å²) >= 11 is 11.9. The quantitative estimate of drug-likeness (QED) is 0.683. The summed E-state index contributed by atoms with van der Waals surface area (Å²) in [6.45, 7) is 0.658. The summed E-state index contributed by atoms with van der Waals surface area (Å²) in [6, 6.07) is 7.75. The number of pyridine rings is 1. The van der Waals surface area contributed by atoms with Gasteiger partial charge in [0, 0.05) is 37.6 Å². The molecule has 7 nitrogen and oxygen atoms in total. The molecule has 0 spiro atoms. The fraction of sp³-hybridized carbons (Fsp3) is 0.167. The first-order valence-corrected chi connectivity index (χ1v) is 8.83. The molecule has 2 aromatic heterocycles. The lowest BCUT2D eigenvalue weighted by Crippen LogP contribution is -2.29. The Kier molecular flexibility index (Phi) is 5.83. The highest BCUT2D eigenvalue weighted by molar-refractivity contribution is 6.42. The average Bonchev–Trinajstić information content (AvgIpc) is 3.05. The lowest BCUT2D eigenvalue weighted by atomic mass is 10.2. The zero-order valence-electron chi connectivity index (χ0n) is 14.4. The number of urea groups is 1. The number of nitrogens with zero attached hydrogens (tertiary/aromatic N) is 3. The fourth-order valence-electron chi connectivity index (χ4n) is 2.48. The van der Waals surface area contributed by atoms with Crippen molar-refractivity contribution in [1.82, 2.24) is 19.7 Å². The number of hydrogen-bond acceptors (Lipinski definition) is 3. The van der Waals surface area contributed by atoms with Crippen LogP contribution in [0.25, 0.3) is 0 Å². The number of aryl methyl sites for hydroxylation is 1. The number of amides is 2. The van der Waals surface area contributed by atoms with Crippen LogP contribution in [0.2, 0.25) is 10.0 Å². The van der Waals surface area contributed by atoms with E-state index in [9.17, 15) is 9.59 Å². The number of hydrogen-bond donors (Lipinski definition) is 2. The molecule has 27 heavy (non-hydrogen) atoms. The summed E-state index contributed by atoms with van der Waals surface area (Å²) in [5, 5.41) is 10.4. The minimum Gasteiger partial charge on any atom is -0.334 e. The molecule has 3 rings (SSSR count). The van der Waals surface area contributed by atoms with Crippen LogP contribution in [0.1, 0.15) is 11.1 Å². The largest absolute Gasteiger partial charge is 0.334 e. The maximum absolute atomic E-state index is 12.1. The number of anilines is 1. The molecule has 0 saturated carbocycles. The number of benzene rings is 1. The Labute approximate surface area is 165 Å². The second-order valence-corrected chi connectivity index (χ2v) is 6.78. The van der Waals surface area contributed by atoms with Gasteiger partial charge in [-0.1, -0.05) is 29.3 Å². The predicted octanol–water partition coefficient (Wildman–Crippen LogP) is 3.26. The molecule has 0 unspecified atom stereocenters. The highest BCUT2D eigenvalue weighted by Crippen LogP contribution is 2.22. The molecule has 2 N–H and O–H groups in total. The maximum atomic E-state index is 12.1. The van der Waals surface area contributed by atoms with Gasteiger partial charge in [-0.15, -0.1) is 0 Å². The van der Waals surface area contributed by atoms with Gasteiger partial charge in [0.05, 0.1) is 28.5 Å². The van der Waals surface area contributed by atoms with Crippen LogP contribution in [0.4, 0.5) is 10.5 Å². The number of halogens is 2. The van der Waals surface area contributed by atoms with Gasteiger partial charge in [-0.2, -0.15) is 5.10 Å². The van der Waals surface area contributed by atoms with E-state index >= 15 is 0 Å². The second kappa shape index (κ2) is 8.28. The van der Waals surface area contributed by atoms with E-state index < -0.39 is 0 Å². The Morgan fingerprint density at radius 3 is 2.63 bits per heavy atom. The van der Waals surface area contributed by atoms with Gasteiger partial charge in [-0.25, -0.2) is 4.79 Å². The van der Waals surface area contributed by atoms with Gasteiger partial charge in [0.15, 0.2) is 0 Å². The first-order valence-electron chi connectivity index (χ1n) is 8.07. The third kappa shape index (κ3) is 5.12. The lowest BCUT2D eigenvalue weighted by molar-refractivity contribution is 0.251. The Morgan fingerprint density at radius 2 is 1.93 bits per heavy atom. The van der Waals surface area contributed by atoms with Gasteiger partial charge in [-0.3, -0.25) is 9.48 Å². The van der Waals surface area contributed by atoms with Crippen molar-refractivity contribution in [2.45, 2.75) is 13.1 Å². The fourth-order valence-corrected chi connectivity index (χ4v) is 2.81. The molecule has 0 bridgehead atoms. The summed E-state index contributed by atoms with van der Waals surface area (Å²) in [5.41, 5.74) is 2.02. The summed E-state index contributed by atoms with van der Waals surface area (Å²) in [5.74, 6) is 0. The number of aromatic nitrogens is 3. The number of nitrogens with one attached hydrogen (secondary N) is 2. The van der Waals surface area contributed by atoms with E-state index in [4.69, 9.17) is 23.2 Å². The molecule has 0 radical (unpaired) electrons. The van der Waals surface area contributed by atoms with E-state index in [-0.39, 0.29) is 11.6 Å². The lowest BCUT2D eigenvalue weighted by Gasteiger charge is -2.11. The zero-order chi connectivity index (χ0) is 19.4. The molecular weight excluding hydrogens is 389 g/mol. The Balaban J connectivity index is 1.66. The Bertz CT molecular complexity index is 1030. The topological polar surface area (TPSA) is 81.0 Å². The monoisotopic (exact) mass is 405 g/mol. The molecule has 0 saturated heterocycles. The van der Waals surface area contributed by atoms with Gasteiger partial charge in [0.25, 0.3) is 5.56 Å².